The van der Waals surface area contributed by atoms with Gasteiger partial charge in [-0.15, -0.1) is 0 Å². The Morgan fingerprint density at radius 3 is 2.82 bits per heavy atom. The van der Waals surface area contributed by atoms with Gasteiger partial charge in [-0.25, -0.2) is 14.3 Å². The molecule has 0 bridgehead atoms. The molecule has 39 heavy (non-hydrogen) atoms. The number of nitrogens with zero attached hydrogens (tertiary/aromatic N) is 6. The quantitative estimate of drug-likeness (QED) is 0.292. The number of hydrogen-bond acceptors (Lipinski definition) is 7. The lowest BCUT2D eigenvalue weighted by molar-refractivity contribution is 0.127. The van der Waals surface area contributed by atoms with E-state index in [1.54, 1.807) is 10.7 Å². The van der Waals surface area contributed by atoms with E-state index in [1.807, 2.05) is 42.1 Å². The molecule has 5 aromatic rings. The molecule has 1 aliphatic heterocycles. The molecule has 0 saturated carbocycles. The number of aromatic nitrogens is 5. The summed E-state index contributed by atoms with van der Waals surface area (Å²) < 4.78 is 9.28. The van der Waals surface area contributed by atoms with Crippen molar-refractivity contribution in [3.05, 3.63) is 78.4 Å². The second-order valence-corrected chi connectivity index (χ2v) is 9.96. The Hall–Kier alpha value is -4.44. The van der Waals surface area contributed by atoms with Crippen molar-refractivity contribution in [2.24, 2.45) is 0 Å². The van der Waals surface area contributed by atoms with Crippen LogP contribution in [0.3, 0.4) is 0 Å². The van der Waals surface area contributed by atoms with Crippen molar-refractivity contribution in [2.75, 3.05) is 30.8 Å². The Morgan fingerprint density at radius 2 is 2.03 bits per heavy atom. The standard InChI is InChI=1S/C29H32N8O2/c1-3-24-25(34-29(38)39-18-23-10-7-13-35(23)2)17-37-27(24)28(30-19-32-37)33-22-11-12-26-21(14-22)15-31-36(26)16-20-8-5-4-6-9-20/h4-6,8-9,11-12,14-15,17,19,23H,3,7,10,13,16,18H2,1-2H3,(H,34,38)(H,30,32,33)/t23-/m0/s1. The number of benzene rings is 2. The molecular formula is C29H32N8O2. The fraction of sp³-hybridized carbons (Fsp3) is 0.310. The van der Waals surface area contributed by atoms with Crippen LogP contribution in [0.1, 0.15) is 30.9 Å². The van der Waals surface area contributed by atoms with Crippen LogP contribution in [0.2, 0.25) is 0 Å². The van der Waals surface area contributed by atoms with Gasteiger partial charge in [0.05, 0.1) is 30.1 Å². The summed E-state index contributed by atoms with van der Waals surface area (Å²) in [7, 11) is 2.07. The smallest absolute Gasteiger partial charge is 0.411 e. The van der Waals surface area contributed by atoms with E-state index in [4.69, 9.17) is 4.74 Å². The maximum Gasteiger partial charge on any atom is 0.411 e. The van der Waals surface area contributed by atoms with Crippen molar-refractivity contribution in [1.29, 1.82) is 0 Å². The van der Waals surface area contributed by atoms with Crippen molar-refractivity contribution in [3.63, 3.8) is 0 Å². The lowest BCUT2D eigenvalue weighted by Crippen LogP contribution is -2.31. The minimum Gasteiger partial charge on any atom is -0.448 e. The van der Waals surface area contributed by atoms with Crippen LogP contribution in [0.4, 0.5) is 22.0 Å². The fourth-order valence-corrected chi connectivity index (χ4v) is 5.32. The molecule has 10 heteroatoms. The molecule has 4 heterocycles. The lowest BCUT2D eigenvalue weighted by Gasteiger charge is -2.19. The van der Waals surface area contributed by atoms with E-state index >= 15 is 0 Å². The third kappa shape index (κ3) is 5.15. The zero-order chi connectivity index (χ0) is 26.8. The molecule has 3 aromatic heterocycles. The second kappa shape index (κ2) is 10.7. The molecule has 1 aliphatic rings. The normalized spacial score (nSPS) is 15.7. The number of likely N-dealkylation sites (N-methyl/N-ethyl adjacent to an activating group) is 1. The molecule has 10 nitrogen and oxygen atoms in total. The average molecular weight is 525 g/mol. The Kier molecular flexibility index (Phi) is 6.85. The first-order chi connectivity index (χ1) is 19.1. The monoisotopic (exact) mass is 524 g/mol. The van der Waals surface area contributed by atoms with Crippen LogP contribution in [0.15, 0.2) is 67.3 Å². The Balaban J connectivity index is 1.21. The number of likely N-dealkylation sites (tertiary alicyclic amines) is 1. The molecule has 1 amide bonds. The molecule has 0 radical (unpaired) electrons. The van der Waals surface area contributed by atoms with Crippen molar-refractivity contribution >= 4 is 39.7 Å². The minimum absolute atomic E-state index is 0.277. The van der Waals surface area contributed by atoms with Crippen LogP contribution in [0.5, 0.6) is 0 Å². The third-order valence-electron chi connectivity index (χ3n) is 7.43. The molecule has 1 fully saturated rings. The van der Waals surface area contributed by atoms with Crippen LogP contribution >= 0.6 is 0 Å². The second-order valence-electron chi connectivity index (χ2n) is 9.96. The minimum atomic E-state index is -0.457. The summed E-state index contributed by atoms with van der Waals surface area (Å²) >= 11 is 0. The number of rotatable bonds is 8. The van der Waals surface area contributed by atoms with Crippen LogP contribution in [-0.2, 0) is 17.7 Å². The van der Waals surface area contributed by atoms with E-state index in [1.165, 1.54) is 11.9 Å². The fourth-order valence-electron chi connectivity index (χ4n) is 5.32. The molecule has 1 saturated heterocycles. The molecule has 2 N–H and O–H groups in total. The molecule has 0 spiro atoms. The van der Waals surface area contributed by atoms with Gasteiger partial charge < -0.3 is 15.0 Å². The summed E-state index contributed by atoms with van der Waals surface area (Å²) in [5, 5.41) is 16.4. The lowest BCUT2D eigenvalue weighted by atomic mass is 10.2. The number of aryl methyl sites for hydroxylation is 1. The summed E-state index contributed by atoms with van der Waals surface area (Å²) in [6.45, 7) is 4.18. The van der Waals surface area contributed by atoms with Gasteiger partial charge in [0.15, 0.2) is 5.82 Å². The third-order valence-corrected chi connectivity index (χ3v) is 7.43. The number of anilines is 3. The van der Waals surface area contributed by atoms with Crippen molar-refractivity contribution in [3.8, 4) is 0 Å². The van der Waals surface area contributed by atoms with Gasteiger partial charge in [-0.05, 0) is 56.6 Å². The Labute approximate surface area is 226 Å². The summed E-state index contributed by atoms with van der Waals surface area (Å²) in [4.78, 5) is 19.4. The first-order valence-corrected chi connectivity index (χ1v) is 13.3. The van der Waals surface area contributed by atoms with Crippen molar-refractivity contribution in [1.82, 2.24) is 29.3 Å². The predicted molar refractivity (Wildman–Crippen MR) is 152 cm³/mol. The summed E-state index contributed by atoms with van der Waals surface area (Å²) in [5.41, 5.74) is 5.56. The molecule has 1 atom stereocenters. The van der Waals surface area contributed by atoms with E-state index in [9.17, 15) is 4.79 Å². The summed E-state index contributed by atoms with van der Waals surface area (Å²) in [5.74, 6) is 0.659. The number of carbonyl (C=O) groups is 1. The van der Waals surface area contributed by atoms with E-state index in [-0.39, 0.29) is 6.04 Å². The summed E-state index contributed by atoms with van der Waals surface area (Å²) in [6, 6.07) is 16.7. The first-order valence-electron chi connectivity index (χ1n) is 13.3. The van der Waals surface area contributed by atoms with Crippen LogP contribution in [0, 0.1) is 0 Å². The average Bonchev–Trinajstić information content (AvgIpc) is 3.64. The first kappa shape index (κ1) is 24.9. The van der Waals surface area contributed by atoms with Gasteiger partial charge >= 0.3 is 6.09 Å². The molecule has 0 unspecified atom stereocenters. The molecule has 2 aromatic carbocycles. The van der Waals surface area contributed by atoms with E-state index < -0.39 is 6.09 Å². The number of hydrogen-bond donors (Lipinski definition) is 2. The highest BCUT2D eigenvalue weighted by molar-refractivity contribution is 5.91. The molecule has 0 aliphatic carbocycles. The number of nitrogens with one attached hydrogen (secondary N) is 2. The number of ether oxygens (including phenoxy) is 1. The van der Waals surface area contributed by atoms with Crippen LogP contribution in [-0.4, -0.2) is 61.6 Å². The van der Waals surface area contributed by atoms with Crippen molar-refractivity contribution < 1.29 is 9.53 Å². The van der Waals surface area contributed by atoms with Gasteiger partial charge in [0.1, 0.15) is 18.5 Å². The highest BCUT2D eigenvalue weighted by Crippen LogP contribution is 2.30. The topological polar surface area (TPSA) is 102 Å². The highest BCUT2D eigenvalue weighted by atomic mass is 16.5. The van der Waals surface area contributed by atoms with Gasteiger partial charge in [0.2, 0.25) is 0 Å². The zero-order valence-corrected chi connectivity index (χ0v) is 22.2. The van der Waals surface area contributed by atoms with Crippen LogP contribution < -0.4 is 10.6 Å². The number of fused-ring (bicyclic) bond motifs is 2. The maximum absolute atomic E-state index is 12.6. The van der Waals surface area contributed by atoms with Gasteiger partial charge in [0, 0.05) is 22.7 Å². The van der Waals surface area contributed by atoms with Gasteiger partial charge in [0.25, 0.3) is 0 Å². The highest BCUT2D eigenvalue weighted by Gasteiger charge is 2.23. The molecular weight excluding hydrogens is 492 g/mol. The van der Waals surface area contributed by atoms with Crippen LogP contribution in [0.25, 0.3) is 16.4 Å². The molecule has 6 rings (SSSR count). The van der Waals surface area contributed by atoms with Gasteiger partial charge in [-0.1, -0.05) is 37.3 Å². The van der Waals surface area contributed by atoms with E-state index in [0.717, 1.165) is 47.1 Å². The SMILES string of the molecule is CCc1c(NC(=O)OC[C@@H]2CCCN2C)cn2ncnc(Nc3ccc4c(cnn4Cc4ccccc4)c3)c12. The van der Waals surface area contributed by atoms with Gasteiger partial charge in [-0.2, -0.15) is 10.2 Å². The number of amides is 1. The Morgan fingerprint density at radius 1 is 1.15 bits per heavy atom. The van der Waals surface area contributed by atoms with E-state index in [0.29, 0.717) is 31.1 Å². The van der Waals surface area contributed by atoms with E-state index in [2.05, 4.69) is 62.0 Å². The zero-order valence-electron chi connectivity index (χ0n) is 22.2. The Bertz CT molecular complexity index is 1610. The molecule has 200 valence electrons. The maximum atomic E-state index is 12.6. The van der Waals surface area contributed by atoms with Gasteiger partial charge in [-0.3, -0.25) is 10.00 Å². The predicted octanol–water partition coefficient (Wildman–Crippen LogP) is 5.08. The summed E-state index contributed by atoms with van der Waals surface area (Å²) in [6.07, 6.45) is 7.60. The number of carbonyl (C=O) groups excluding carboxylic acids is 1. The largest absolute Gasteiger partial charge is 0.448 e. The van der Waals surface area contributed by atoms with Crippen molar-refractivity contribution in [2.45, 2.75) is 38.8 Å².